The highest BCUT2D eigenvalue weighted by Gasteiger charge is 2.40. The molecule has 0 spiro atoms. The summed E-state index contributed by atoms with van der Waals surface area (Å²) in [4.78, 5) is 16.3. The highest BCUT2D eigenvalue weighted by atomic mass is 16.1. The molecule has 1 amide bonds. The molecule has 1 aliphatic heterocycles. The Morgan fingerprint density at radius 2 is 1.61 bits per heavy atom. The zero-order valence-electron chi connectivity index (χ0n) is 21.0. The number of pyridine rings is 1. The van der Waals surface area contributed by atoms with Crippen molar-refractivity contribution in [3.8, 4) is 0 Å². The lowest BCUT2D eigenvalue weighted by molar-refractivity contribution is -0.116. The molecule has 3 aromatic rings. The number of nitrogens with one attached hydrogen (secondary N) is 2. The van der Waals surface area contributed by atoms with Crippen LogP contribution in [0.15, 0.2) is 103 Å². The molecule has 4 nitrogen and oxygen atoms in total. The van der Waals surface area contributed by atoms with Gasteiger partial charge in [0.1, 0.15) is 0 Å². The predicted octanol–water partition coefficient (Wildman–Crippen LogP) is 6.14. The normalized spacial score (nSPS) is 15.5. The number of aromatic nitrogens is 1. The van der Waals surface area contributed by atoms with Gasteiger partial charge in [-0.1, -0.05) is 91.4 Å². The molecule has 0 saturated carbocycles. The van der Waals surface area contributed by atoms with E-state index in [4.69, 9.17) is 0 Å². The molecular weight excluding hydrogens is 442 g/mol. The summed E-state index contributed by atoms with van der Waals surface area (Å²) < 4.78 is 0. The summed E-state index contributed by atoms with van der Waals surface area (Å²) in [5, 5.41) is 6.61. The summed E-state index contributed by atoms with van der Waals surface area (Å²) in [7, 11) is 0. The number of rotatable bonds is 11. The molecule has 1 fully saturated rings. The molecule has 1 aromatic heterocycles. The molecule has 0 atom stereocenters. The van der Waals surface area contributed by atoms with E-state index in [1.165, 1.54) is 24.0 Å². The number of piperidine rings is 1. The fraction of sp³-hybridized carbons (Fsp3) is 0.312. The van der Waals surface area contributed by atoms with Crippen LogP contribution in [0.25, 0.3) is 6.08 Å². The number of hydrogen-bond donors (Lipinski definition) is 2. The second-order valence-corrected chi connectivity index (χ2v) is 9.62. The smallest absolute Gasteiger partial charge is 0.243 e. The predicted molar refractivity (Wildman–Crippen MR) is 149 cm³/mol. The van der Waals surface area contributed by atoms with Gasteiger partial charge in [-0.2, -0.15) is 0 Å². The minimum absolute atomic E-state index is 0.0473. The van der Waals surface area contributed by atoms with Crippen molar-refractivity contribution in [1.29, 1.82) is 0 Å². The first-order valence-electron chi connectivity index (χ1n) is 13.1. The van der Waals surface area contributed by atoms with Crippen molar-refractivity contribution in [2.75, 3.05) is 19.6 Å². The first-order valence-corrected chi connectivity index (χ1v) is 13.1. The second kappa shape index (κ2) is 13.6. The second-order valence-electron chi connectivity index (χ2n) is 9.62. The molecule has 36 heavy (non-hydrogen) atoms. The lowest BCUT2D eigenvalue weighted by Crippen LogP contribution is -2.41. The Hall–Kier alpha value is -3.50. The first kappa shape index (κ1) is 25.6. The van der Waals surface area contributed by atoms with Crippen molar-refractivity contribution in [1.82, 2.24) is 15.6 Å². The van der Waals surface area contributed by atoms with Crippen LogP contribution < -0.4 is 10.6 Å². The van der Waals surface area contributed by atoms with Crippen molar-refractivity contribution >= 4 is 12.0 Å². The first-order chi connectivity index (χ1) is 17.8. The van der Waals surface area contributed by atoms with Crippen molar-refractivity contribution in [2.24, 2.45) is 5.41 Å². The van der Waals surface area contributed by atoms with Gasteiger partial charge in [-0.05, 0) is 66.9 Å². The molecular formula is C32H37N3O. The summed E-state index contributed by atoms with van der Waals surface area (Å²) in [6.07, 6.45) is 16.3. The van der Waals surface area contributed by atoms with Crippen LogP contribution in [0.5, 0.6) is 0 Å². The minimum atomic E-state index is -0.0473. The highest BCUT2D eigenvalue weighted by Crippen LogP contribution is 2.50. The van der Waals surface area contributed by atoms with Gasteiger partial charge < -0.3 is 10.6 Å². The zero-order chi connectivity index (χ0) is 24.9. The zero-order valence-corrected chi connectivity index (χ0v) is 21.0. The van der Waals surface area contributed by atoms with Crippen LogP contribution in [0.3, 0.4) is 0 Å². The standard InChI is InChI=1S/C32H37N3O/c36-30(18-8-7-12-27-13-11-22-34-26-27)35-23-10-9-19-32(20-24-33-25-21-32)31(28-14-3-1-4-15-28)29-16-5-2-6-17-29/h1-8,11-18,22,26,31,33H,9-10,19-21,23-25H2,(H,35,36)/b12-7+,18-8+. The van der Waals surface area contributed by atoms with E-state index in [-0.39, 0.29) is 11.3 Å². The summed E-state index contributed by atoms with van der Waals surface area (Å²) in [5.74, 6) is 0.333. The summed E-state index contributed by atoms with van der Waals surface area (Å²) in [6, 6.07) is 25.9. The van der Waals surface area contributed by atoms with Crippen molar-refractivity contribution in [2.45, 2.75) is 38.0 Å². The van der Waals surface area contributed by atoms with Gasteiger partial charge in [0.05, 0.1) is 0 Å². The number of carbonyl (C=O) groups is 1. The summed E-state index contributed by atoms with van der Waals surface area (Å²) in [5.41, 5.74) is 4.04. The highest BCUT2D eigenvalue weighted by molar-refractivity contribution is 5.87. The van der Waals surface area contributed by atoms with Crippen LogP contribution in [0.1, 0.15) is 54.7 Å². The molecule has 0 unspecified atom stereocenters. The lowest BCUT2D eigenvalue weighted by Gasteiger charge is -2.45. The van der Waals surface area contributed by atoms with Gasteiger partial charge in [0.2, 0.25) is 5.91 Å². The average molecular weight is 480 g/mol. The van der Waals surface area contributed by atoms with Gasteiger partial charge in [-0.3, -0.25) is 9.78 Å². The average Bonchev–Trinajstić information content (AvgIpc) is 2.93. The van der Waals surface area contributed by atoms with E-state index in [0.717, 1.165) is 37.9 Å². The number of nitrogens with zero attached hydrogens (tertiary/aromatic N) is 1. The third-order valence-electron chi connectivity index (χ3n) is 7.21. The van der Waals surface area contributed by atoms with Crippen LogP contribution in [0, 0.1) is 5.41 Å². The van der Waals surface area contributed by atoms with Gasteiger partial charge in [0, 0.05) is 30.9 Å². The van der Waals surface area contributed by atoms with E-state index >= 15 is 0 Å². The molecule has 4 heteroatoms. The third kappa shape index (κ3) is 7.25. The topological polar surface area (TPSA) is 54.0 Å². The van der Waals surface area contributed by atoms with E-state index in [1.807, 2.05) is 24.3 Å². The molecule has 0 radical (unpaired) electrons. The van der Waals surface area contributed by atoms with Gasteiger partial charge in [-0.15, -0.1) is 0 Å². The number of benzene rings is 2. The quantitative estimate of drug-likeness (QED) is 0.197. The van der Waals surface area contributed by atoms with Crippen LogP contribution in [-0.2, 0) is 4.79 Å². The van der Waals surface area contributed by atoms with E-state index in [0.29, 0.717) is 12.5 Å². The third-order valence-corrected chi connectivity index (χ3v) is 7.21. The molecule has 2 N–H and O–H groups in total. The van der Waals surface area contributed by atoms with Crippen molar-refractivity contribution < 1.29 is 4.79 Å². The maximum Gasteiger partial charge on any atom is 0.243 e. The molecule has 1 saturated heterocycles. The molecule has 0 bridgehead atoms. The Balaban J connectivity index is 1.33. The van der Waals surface area contributed by atoms with Crippen LogP contribution in [0.2, 0.25) is 0 Å². The largest absolute Gasteiger partial charge is 0.353 e. The molecule has 2 heterocycles. The number of allylic oxidation sites excluding steroid dienone is 2. The van der Waals surface area contributed by atoms with Crippen LogP contribution >= 0.6 is 0 Å². The summed E-state index contributed by atoms with van der Waals surface area (Å²) in [6.45, 7) is 2.82. The molecule has 2 aromatic carbocycles. The molecule has 1 aliphatic rings. The fourth-order valence-corrected chi connectivity index (χ4v) is 5.45. The Bertz CT molecular complexity index is 1060. The van der Waals surface area contributed by atoms with E-state index in [2.05, 4.69) is 76.3 Å². The minimum Gasteiger partial charge on any atom is -0.353 e. The maximum atomic E-state index is 12.2. The van der Waals surface area contributed by atoms with Crippen molar-refractivity contribution in [3.63, 3.8) is 0 Å². The number of amides is 1. The Morgan fingerprint density at radius 1 is 0.917 bits per heavy atom. The number of carbonyl (C=O) groups excluding carboxylic acids is 1. The monoisotopic (exact) mass is 479 g/mol. The fourth-order valence-electron chi connectivity index (χ4n) is 5.45. The number of hydrogen-bond acceptors (Lipinski definition) is 3. The van der Waals surface area contributed by atoms with Crippen LogP contribution in [0.4, 0.5) is 0 Å². The Kier molecular flexibility index (Phi) is 9.63. The van der Waals surface area contributed by atoms with Gasteiger partial charge in [0.25, 0.3) is 0 Å². The Morgan fingerprint density at radius 3 is 2.25 bits per heavy atom. The SMILES string of the molecule is O=C(/C=C/C=C/c1cccnc1)NCCCCC1(C(c2ccccc2)c2ccccc2)CCNCC1. The van der Waals surface area contributed by atoms with Gasteiger partial charge in [-0.25, -0.2) is 0 Å². The van der Waals surface area contributed by atoms with Crippen LogP contribution in [-0.4, -0.2) is 30.5 Å². The lowest BCUT2D eigenvalue weighted by atomic mass is 9.61. The molecule has 0 aliphatic carbocycles. The molecule has 4 rings (SSSR count). The Labute approximate surface area is 215 Å². The number of unbranched alkanes of at least 4 members (excludes halogenated alkanes) is 1. The maximum absolute atomic E-state index is 12.2. The molecule has 186 valence electrons. The van der Waals surface area contributed by atoms with E-state index < -0.39 is 0 Å². The van der Waals surface area contributed by atoms with Crippen molar-refractivity contribution in [3.05, 3.63) is 120 Å². The summed E-state index contributed by atoms with van der Waals surface area (Å²) >= 11 is 0. The van der Waals surface area contributed by atoms with E-state index in [9.17, 15) is 4.79 Å². The van der Waals surface area contributed by atoms with E-state index in [1.54, 1.807) is 24.5 Å². The van der Waals surface area contributed by atoms with Gasteiger partial charge in [0.15, 0.2) is 0 Å². The van der Waals surface area contributed by atoms with Gasteiger partial charge >= 0.3 is 0 Å².